The molecule has 4 aromatic rings. The van der Waals surface area contributed by atoms with Crippen molar-refractivity contribution in [1.82, 2.24) is 0 Å². The van der Waals surface area contributed by atoms with E-state index in [4.69, 9.17) is 15.2 Å². The van der Waals surface area contributed by atoms with E-state index in [1.165, 1.54) is 21.2 Å². The largest absolute Gasteiger partial charge is 0.496 e. The number of para-hydroxylation sites is 2. The molecule has 0 heterocycles. The van der Waals surface area contributed by atoms with E-state index in [1.807, 2.05) is 31.2 Å². The topological polar surface area (TPSA) is 44.5 Å². The van der Waals surface area contributed by atoms with Crippen LogP contribution in [0.4, 0.5) is 0 Å². The summed E-state index contributed by atoms with van der Waals surface area (Å²) in [6, 6.07) is 33.3. The van der Waals surface area contributed by atoms with Crippen LogP contribution in [0.3, 0.4) is 0 Å². The Kier molecular flexibility index (Phi) is 9.31. The lowest BCUT2D eigenvalue weighted by atomic mass is 10.00. The molecule has 0 radical (unpaired) electrons. The van der Waals surface area contributed by atoms with E-state index in [0.717, 1.165) is 22.6 Å². The van der Waals surface area contributed by atoms with E-state index < -0.39 is 5.54 Å². The van der Waals surface area contributed by atoms with Crippen molar-refractivity contribution in [3.05, 3.63) is 120 Å². The summed E-state index contributed by atoms with van der Waals surface area (Å²) in [5, 5.41) is 4.89. The second-order valence-electron chi connectivity index (χ2n) is 8.86. The van der Waals surface area contributed by atoms with Crippen LogP contribution in [-0.2, 0) is 0 Å². The van der Waals surface area contributed by atoms with Gasteiger partial charge in [0.2, 0.25) is 0 Å². The van der Waals surface area contributed by atoms with Gasteiger partial charge in [-0.25, -0.2) is 0 Å². The summed E-state index contributed by atoms with van der Waals surface area (Å²) in [7, 11) is 4.42. The SMILES string of the molecule is COc1ccccc1Pc1ccccc1/C=C\C(C)(N)/C=C\c1ccccc1Pc1ccccc1OC. The number of hydrogen-bond acceptors (Lipinski definition) is 3. The molecule has 0 spiro atoms. The van der Waals surface area contributed by atoms with Gasteiger partial charge in [-0.15, -0.1) is 0 Å². The summed E-state index contributed by atoms with van der Waals surface area (Å²) in [6.07, 6.45) is 8.40. The molecule has 0 amide bonds. The number of benzene rings is 4. The van der Waals surface area contributed by atoms with Gasteiger partial charge in [0.25, 0.3) is 0 Å². The lowest BCUT2D eigenvalue weighted by Crippen LogP contribution is -2.30. The summed E-state index contributed by atoms with van der Waals surface area (Å²) >= 11 is 0. The van der Waals surface area contributed by atoms with Gasteiger partial charge >= 0.3 is 0 Å². The molecule has 0 bridgehead atoms. The molecule has 3 nitrogen and oxygen atoms in total. The smallest absolute Gasteiger partial charge is 0.126 e. The Morgan fingerprint density at radius 1 is 0.568 bits per heavy atom. The van der Waals surface area contributed by atoms with Gasteiger partial charge in [0, 0.05) is 10.6 Å². The minimum Gasteiger partial charge on any atom is -0.496 e. The zero-order chi connectivity index (χ0) is 26.1. The maximum atomic E-state index is 6.70. The van der Waals surface area contributed by atoms with E-state index in [9.17, 15) is 0 Å². The van der Waals surface area contributed by atoms with Crippen molar-refractivity contribution in [2.24, 2.45) is 5.73 Å². The number of methoxy groups -OCH3 is 2. The molecule has 2 unspecified atom stereocenters. The zero-order valence-corrected chi connectivity index (χ0v) is 23.4. The van der Waals surface area contributed by atoms with Crippen LogP contribution < -0.4 is 36.4 Å². The first kappa shape index (κ1) is 26.8. The number of rotatable bonds is 10. The molecule has 0 aliphatic rings. The van der Waals surface area contributed by atoms with Crippen molar-refractivity contribution in [1.29, 1.82) is 0 Å². The van der Waals surface area contributed by atoms with Crippen molar-refractivity contribution in [3.63, 3.8) is 0 Å². The molecule has 0 fully saturated rings. The van der Waals surface area contributed by atoms with Gasteiger partial charge in [-0.2, -0.15) is 0 Å². The van der Waals surface area contributed by atoms with Gasteiger partial charge < -0.3 is 15.2 Å². The third-order valence-electron chi connectivity index (χ3n) is 5.92. The molecule has 188 valence electrons. The Morgan fingerprint density at radius 2 is 0.919 bits per heavy atom. The van der Waals surface area contributed by atoms with Crippen LogP contribution in [-0.4, -0.2) is 19.8 Å². The molecule has 37 heavy (non-hydrogen) atoms. The van der Waals surface area contributed by atoms with Crippen molar-refractivity contribution >= 4 is 50.5 Å². The first-order valence-corrected chi connectivity index (χ1v) is 14.1. The summed E-state index contributed by atoms with van der Waals surface area (Å²) in [5.74, 6) is 1.83. The molecule has 4 rings (SSSR count). The maximum Gasteiger partial charge on any atom is 0.126 e. The first-order chi connectivity index (χ1) is 18.0. The predicted octanol–water partition coefficient (Wildman–Crippen LogP) is 5.41. The minimum atomic E-state index is -0.610. The third-order valence-corrected chi connectivity index (χ3v) is 8.73. The molecule has 0 aliphatic carbocycles. The standard InChI is InChI=1S/C32H33NO2P2/c1-32(33,22-20-24-12-4-8-16-28(24)36-30-18-10-6-14-26(30)34-2)23-21-25-13-5-9-17-29(25)37-31-19-11-7-15-27(31)35-3/h4-23,36-37H,33H2,1-3H3/b22-20-,23-21-. The van der Waals surface area contributed by atoms with Crippen LogP contribution in [0.15, 0.2) is 109 Å². The van der Waals surface area contributed by atoms with Crippen molar-refractivity contribution in [2.75, 3.05) is 14.2 Å². The molecule has 0 saturated heterocycles. The Hall–Kier alpha value is -3.22. The predicted molar refractivity (Wildman–Crippen MR) is 165 cm³/mol. The van der Waals surface area contributed by atoms with Crippen LogP contribution in [0.2, 0.25) is 0 Å². The van der Waals surface area contributed by atoms with Crippen LogP contribution >= 0.6 is 17.2 Å². The van der Waals surface area contributed by atoms with Gasteiger partial charge in [-0.1, -0.05) is 126 Å². The molecule has 5 heteroatoms. The fourth-order valence-electron chi connectivity index (χ4n) is 3.89. The lowest BCUT2D eigenvalue weighted by molar-refractivity contribution is 0.418. The Bertz CT molecular complexity index is 1290. The molecule has 0 aliphatic heterocycles. The van der Waals surface area contributed by atoms with Crippen molar-refractivity contribution in [2.45, 2.75) is 12.5 Å². The average Bonchev–Trinajstić information content (AvgIpc) is 2.93. The van der Waals surface area contributed by atoms with E-state index in [1.54, 1.807) is 14.2 Å². The summed E-state index contributed by atoms with van der Waals surface area (Å²) in [4.78, 5) is 0. The van der Waals surface area contributed by atoms with Crippen LogP contribution in [0.1, 0.15) is 18.1 Å². The Morgan fingerprint density at radius 3 is 1.32 bits per heavy atom. The Labute approximate surface area is 224 Å². The third kappa shape index (κ3) is 7.40. The van der Waals surface area contributed by atoms with Gasteiger partial charge in [-0.3, -0.25) is 0 Å². The van der Waals surface area contributed by atoms with E-state index >= 15 is 0 Å². The first-order valence-electron chi connectivity index (χ1n) is 12.1. The van der Waals surface area contributed by atoms with Gasteiger partial charge in [0.1, 0.15) is 11.5 Å². The van der Waals surface area contributed by atoms with Crippen molar-refractivity contribution < 1.29 is 9.47 Å². The van der Waals surface area contributed by atoms with Crippen LogP contribution in [0, 0.1) is 0 Å². The van der Waals surface area contributed by atoms with Crippen LogP contribution in [0.25, 0.3) is 12.2 Å². The fourth-order valence-corrected chi connectivity index (χ4v) is 6.43. The summed E-state index contributed by atoms with van der Waals surface area (Å²) in [6.45, 7) is 2.02. The molecule has 2 atom stereocenters. The van der Waals surface area contributed by atoms with E-state index in [-0.39, 0.29) is 0 Å². The molecule has 0 saturated carbocycles. The van der Waals surface area contributed by atoms with Gasteiger partial charge in [-0.05, 0) is 40.8 Å². The minimum absolute atomic E-state index is 0.492. The highest BCUT2D eigenvalue weighted by Crippen LogP contribution is 2.23. The molecular formula is C32H33NO2P2. The van der Waals surface area contributed by atoms with Gasteiger partial charge in [0.05, 0.1) is 19.8 Å². The normalized spacial score (nSPS) is 13.7. The maximum absolute atomic E-state index is 6.70. The zero-order valence-electron chi connectivity index (χ0n) is 21.4. The summed E-state index contributed by atoms with van der Waals surface area (Å²) < 4.78 is 11.1. The quantitative estimate of drug-likeness (QED) is 0.282. The van der Waals surface area contributed by atoms with E-state index in [0.29, 0.717) is 17.2 Å². The summed E-state index contributed by atoms with van der Waals surface area (Å²) in [5.41, 5.74) is 8.41. The Balaban J connectivity index is 1.53. The molecule has 4 aromatic carbocycles. The highest BCUT2D eigenvalue weighted by Gasteiger charge is 2.12. The lowest BCUT2D eigenvalue weighted by Gasteiger charge is -2.16. The molecule has 0 aromatic heterocycles. The van der Waals surface area contributed by atoms with Gasteiger partial charge in [0.15, 0.2) is 0 Å². The highest BCUT2D eigenvalue weighted by molar-refractivity contribution is 7.56. The van der Waals surface area contributed by atoms with Crippen LogP contribution in [0.5, 0.6) is 11.5 Å². The second-order valence-corrected chi connectivity index (χ2v) is 11.5. The van der Waals surface area contributed by atoms with Crippen molar-refractivity contribution in [3.8, 4) is 11.5 Å². The monoisotopic (exact) mass is 525 g/mol. The number of ether oxygens (including phenoxy) is 2. The van der Waals surface area contributed by atoms with E-state index in [2.05, 4.69) is 97.1 Å². The average molecular weight is 526 g/mol. The number of nitrogens with two attached hydrogens (primary N) is 1. The second kappa shape index (κ2) is 12.8. The molecule has 2 N–H and O–H groups in total. The molecular weight excluding hydrogens is 492 g/mol. The highest BCUT2D eigenvalue weighted by atomic mass is 31.1. The number of hydrogen-bond donors (Lipinski definition) is 1. The fraction of sp³-hybridized carbons (Fsp3) is 0.125.